The Labute approximate surface area is 128 Å². The van der Waals surface area contributed by atoms with Crippen LogP contribution in [0, 0.1) is 6.92 Å². The Bertz CT molecular complexity index is 468. The number of aryl methyl sites for hydroxylation is 1. The Hall–Kier alpha value is -1.55. The minimum atomic E-state index is -0.171. The lowest BCUT2D eigenvalue weighted by molar-refractivity contribution is 0.131. The molecule has 0 bridgehead atoms. The average Bonchev–Trinajstić information content (AvgIpc) is 2.40. The van der Waals surface area contributed by atoms with Crippen molar-refractivity contribution in [1.82, 2.24) is 15.1 Å². The molecule has 1 aliphatic heterocycles. The molecule has 1 fully saturated rings. The molecule has 0 spiro atoms. The van der Waals surface area contributed by atoms with E-state index in [0.717, 1.165) is 32.7 Å². The fraction of sp³-hybridized carbons (Fsp3) is 0.588. The fourth-order valence-electron chi connectivity index (χ4n) is 2.46. The number of hydrogen-bond acceptors (Lipinski definition) is 2. The van der Waals surface area contributed by atoms with Gasteiger partial charge in [0, 0.05) is 38.3 Å². The molecule has 4 nitrogen and oxygen atoms in total. The summed E-state index contributed by atoms with van der Waals surface area (Å²) in [5.74, 6) is 0. The second-order valence-electron chi connectivity index (χ2n) is 6.93. The van der Waals surface area contributed by atoms with Crippen LogP contribution in [0.15, 0.2) is 24.3 Å². The smallest absolute Gasteiger partial charge is 0.317 e. The minimum Gasteiger partial charge on any atom is -0.333 e. The summed E-state index contributed by atoms with van der Waals surface area (Å²) in [4.78, 5) is 16.4. The van der Waals surface area contributed by atoms with Gasteiger partial charge in [0.15, 0.2) is 0 Å². The van der Waals surface area contributed by atoms with Gasteiger partial charge >= 0.3 is 6.03 Å². The third-order valence-electron chi connectivity index (χ3n) is 3.67. The molecule has 1 aliphatic rings. The standard InChI is InChI=1S/C17H27N3O/c1-14-5-7-15(8-6-14)13-19-9-11-20(12-10-19)16(21)18-17(2,3)4/h5-8H,9-13H2,1-4H3,(H,18,21). The summed E-state index contributed by atoms with van der Waals surface area (Å²) < 4.78 is 0. The van der Waals surface area contributed by atoms with E-state index < -0.39 is 0 Å². The van der Waals surface area contributed by atoms with Gasteiger partial charge in [-0.25, -0.2) is 4.79 Å². The van der Waals surface area contributed by atoms with Crippen LogP contribution in [0.4, 0.5) is 4.79 Å². The summed E-state index contributed by atoms with van der Waals surface area (Å²) in [6.07, 6.45) is 0. The highest BCUT2D eigenvalue weighted by molar-refractivity contribution is 5.75. The van der Waals surface area contributed by atoms with Crippen LogP contribution in [0.2, 0.25) is 0 Å². The fourth-order valence-corrected chi connectivity index (χ4v) is 2.46. The Morgan fingerprint density at radius 2 is 1.67 bits per heavy atom. The highest BCUT2D eigenvalue weighted by atomic mass is 16.2. The van der Waals surface area contributed by atoms with E-state index >= 15 is 0 Å². The quantitative estimate of drug-likeness (QED) is 0.908. The van der Waals surface area contributed by atoms with Crippen molar-refractivity contribution < 1.29 is 4.79 Å². The van der Waals surface area contributed by atoms with Gasteiger partial charge in [0.05, 0.1) is 0 Å². The number of nitrogens with zero attached hydrogens (tertiary/aromatic N) is 2. The highest BCUT2D eigenvalue weighted by Gasteiger charge is 2.23. The molecule has 1 aromatic rings. The lowest BCUT2D eigenvalue weighted by Crippen LogP contribution is -2.54. The summed E-state index contributed by atoms with van der Waals surface area (Å²) in [7, 11) is 0. The first kappa shape index (κ1) is 15.8. The van der Waals surface area contributed by atoms with Gasteiger partial charge in [0.25, 0.3) is 0 Å². The maximum atomic E-state index is 12.1. The lowest BCUT2D eigenvalue weighted by atomic mass is 10.1. The average molecular weight is 289 g/mol. The molecule has 4 heteroatoms. The molecular formula is C17H27N3O. The van der Waals surface area contributed by atoms with Crippen LogP contribution in [0.25, 0.3) is 0 Å². The first-order valence-electron chi connectivity index (χ1n) is 7.68. The van der Waals surface area contributed by atoms with E-state index in [1.165, 1.54) is 11.1 Å². The van der Waals surface area contributed by atoms with Crippen LogP contribution in [0.1, 0.15) is 31.9 Å². The predicted molar refractivity (Wildman–Crippen MR) is 86.3 cm³/mol. The van der Waals surface area contributed by atoms with E-state index in [1.807, 2.05) is 25.7 Å². The third-order valence-corrected chi connectivity index (χ3v) is 3.67. The molecule has 21 heavy (non-hydrogen) atoms. The molecule has 116 valence electrons. The number of piperazine rings is 1. The molecule has 0 aromatic heterocycles. The minimum absolute atomic E-state index is 0.0532. The second-order valence-corrected chi connectivity index (χ2v) is 6.93. The van der Waals surface area contributed by atoms with E-state index in [2.05, 4.69) is 41.4 Å². The summed E-state index contributed by atoms with van der Waals surface area (Å²) in [6, 6.07) is 8.74. The Morgan fingerprint density at radius 1 is 1.10 bits per heavy atom. The topological polar surface area (TPSA) is 35.6 Å². The van der Waals surface area contributed by atoms with Crippen molar-refractivity contribution in [2.75, 3.05) is 26.2 Å². The van der Waals surface area contributed by atoms with Crippen LogP contribution < -0.4 is 5.32 Å². The number of nitrogens with one attached hydrogen (secondary N) is 1. The van der Waals surface area contributed by atoms with Gasteiger partial charge in [-0.2, -0.15) is 0 Å². The SMILES string of the molecule is Cc1ccc(CN2CCN(C(=O)NC(C)(C)C)CC2)cc1. The molecule has 1 N–H and O–H groups in total. The normalized spacial score (nSPS) is 16.9. The molecule has 0 aliphatic carbocycles. The molecule has 1 heterocycles. The number of carbonyl (C=O) groups excluding carboxylic acids is 1. The Kier molecular flexibility index (Phi) is 4.88. The Morgan fingerprint density at radius 3 is 2.19 bits per heavy atom. The molecule has 0 saturated carbocycles. The van der Waals surface area contributed by atoms with Gasteiger partial charge in [-0.15, -0.1) is 0 Å². The molecule has 0 unspecified atom stereocenters. The molecular weight excluding hydrogens is 262 g/mol. The number of urea groups is 1. The first-order valence-corrected chi connectivity index (χ1v) is 7.68. The van der Waals surface area contributed by atoms with Gasteiger partial charge in [-0.1, -0.05) is 29.8 Å². The number of amides is 2. The van der Waals surface area contributed by atoms with Gasteiger partial charge < -0.3 is 10.2 Å². The van der Waals surface area contributed by atoms with Crippen molar-refractivity contribution in [2.24, 2.45) is 0 Å². The van der Waals surface area contributed by atoms with E-state index in [9.17, 15) is 4.79 Å². The second kappa shape index (κ2) is 6.48. The van der Waals surface area contributed by atoms with Crippen molar-refractivity contribution in [1.29, 1.82) is 0 Å². The van der Waals surface area contributed by atoms with Gasteiger partial charge in [-0.05, 0) is 33.3 Å². The number of benzene rings is 1. The molecule has 2 amide bonds. The lowest BCUT2D eigenvalue weighted by Gasteiger charge is -2.36. The molecule has 0 radical (unpaired) electrons. The summed E-state index contributed by atoms with van der Waals surface area (Å²) in [6.45, 7) is 12.6. The third kappa shape index (κ3) is 5.05. The van der Waals surface area contributed by atoms with Crippen molar-refractivity contribution in [3.63, 3.8) is 0 Å². The first-order chi connectivity index (χ1) is 9.83. The van der Waals surface area contributed by atoms with Crippen molar-refractivity contribution in [2.45, 2.75) is 39.8 Å². The zero-order valence-corrected chi connectivity index (χ0v) is 13.6. The maximum absolute atomic E-state index is 12.1. The van der Waals surface area contributed by atoms with Gasteiger partial charge in [-0.3, -0.25) is 4.90 Å². The van der Waals surface area contributed by atoms with Crippen LogP contribution in [-0.4, -0.2) is 47.5 Å². The van der Waals surface area contributed by atoms with Crippen molar-refractivity contribution in [3.05, 3.63) is 35.4 Å². The zero-order chi connectivity index (χ0) is 15.5. The van der Waals surface area contributed by atoms with Crippen molar-refractivity contribution in [3.8, 4) is 0 Å². The van der Waals surface area contributed by atoms with Crippen LogP contribution in [-0.2, 0) is 6.54 Å². The van der Waals surface area contributed by atoms with E-state index in [4.69, 9.17) is 0 Å². The van der Waals surface area contributed by atoms with E-state index in [0.29, 0.717) is 0 Å². The monoisotopic (exact) mass is 289 g/mol. The van der Waals surface area contributed by atoms with E-state index in [1.54, 1.807) is 0 Å². The predicted octanol–water partition coefficient (Wildman–Crippen LogP) is 2.62. The number of rotatable bonds is 2. The van der Waals surface area contributed by atoms with Crippen LogP contribution in [0.5, 0.6) is 0 Å². The summed E-state index contributed by atoms with van der Waals surface area (Å²) in [5.41, 5.74) is 2.46. The zero-order valence-electron chi connectivity index (χ0n) is 13.6. The largest absolute Gasteiger partial charge is 0.333 e. The van der Waals surface area contributed by atoms with Crippen LogP contribution in [0.3, 0.4) is 0 Å². The maximum Gasteiger partial charge on any atom is 0.317 e. The Balaban J connectivity index is 1.80. The summed E-state index contributed by atoms with van der Waals surface area (Å²) in [5, 5.41) is 3.03. The summed E-state index contributed by atoms with van der Waals surface area (Å²) >= 11 is 0. The highest BCUT2D eigenvalue weighted by Crippen LogP contribution is 2.10. The van der Waals surface area contributed by atoms with Crippen molar-refractivity contribution >= 4 is 6.03 Å². The molecule has 1 aromatic carbocycles. The van der Waals surface area contributed by atoms with Gasteiger partial charge in [0.2, 0.25) is 0 Å². The molecule has 0 atom stereocenters. The van der Waals surface area contributed by atoms with Crippen LogP contribution >= 0.6 is 0 Å². The van der Waals surface area contributed by atoms with E-state index in [-0.39, 0.29) is 11.6 Å². The van der Waals surface area contributed by atoms with Gasteiger partial charge in [0.1, 0.15) is 0 Å². The molecule has 1 saturated heterocycles. The number of carbonyl (C=O) groups is 1. The number of hydrogen-bond donors (Lipinski definition) is 1. The molecule has 2 rings (SSSR count).